The maximum Gasteiger partial charge on any atom is 0.261 e. The predicted octanol–water partition coefficient (Wildman–Crippen LogP) is 1.83. The molecular formula is C14H19IN2O4S. The number of ether oxygens (including phenoxy) is 3. The Balaban J connectivity index is 1.93. The molecule has 1 aromatic heterocycles. The molecule has 1 aromatic rings. The summed E-state index contributed by atoms with van der Waals surface area (Å²) in [4.78, 5) is 12.8. The van der Waals surface area contributed by atoms with Crippen LogP contribution in [0.25, 0.3) is 0 Å². The van der Waals surface area contributed by atoms with E-state index < -0.39 is 0 Å². The van der Waals surface area contributed by atoms with Gasteiger partial charge in [-0.25, -0.2) is 0 Å². The van der Waals surface area contributed by atoms with E-state index in [0.717, 1.165) is 11.0 Å². The van der Waals surface area contributed by atoms with Crippen LogP contribution in [0.15, 0.2) is 12.1 Å². The van der Waals surface area contributed by atoms with E-state index in [1.807, 2.05) is 6.07 Å². The third-order valence-electron chi connectivity index (χ3n) is 2.44. The topological polar surface area (TPSA) is 80.6 Å². The molecular weight excluding hydrogens is 419 g/mol. The number of halogens is 1. The van der Waals surface area contributed by atoms with Crippen molar-refractivity contribution < 1.29 is 19.0 Å². The largest absolute Gasteiger partial charge is 0.378 e. The van der Waals surface area contributed by atoms with E-state index in [4.69, 9.17) is 19.5 Å². The molecule has 0 bridgehead atoms. The zero-order valence-corrected chi connectivity index (χ0v) is 15.2. The van der Waals surface area contributed by atoms with Crippen molar-refractivity contribution in [2.45, 2.75) is 0 Å². The van der Waals surface area contributed by atoms with E-state index in [9.17, 15) is 4.79 Å². The number of nitrogens with zero attached hydrogens (tertiary/aromatic N) is 1. The summed E-state index contributed by atoms with van der Waals surface area (Å²) in [6.45, 7) is 3.77. The van der Waals surface area contributed by atoms with Crippen LogP contribution in [0, 0.1) is 11.3 Å². The third kappa shape index (κ3) is 8.65. The van der Waals surface area contributed by atoms with E-state index in [0.29, 0.717) is 49.3 Å². The van der Waals surface area contributed by atoms with Gasteiger partial charge in [0.2, 0.25) is 0 Å². The van der Waals surface area contributed by atoms with Crippen molar-refractivity contribution in [2.75, 3.05) is 50.6 Å². The first-order valence-electron chi connectivity index (χ1n) is 6.85. The summed E-state index contributed by atoms with van der Waals surface area (Å²) in [5, 5.41) is 11.4. The third-order valence-corrected chi connectivity index (χ3v) is 3.87. The number of alkyl halides is 1. The highest BCUT2D eigenvalue weighted by Crippen LogP contribution is 2.14. The number of rotatable bonds is 12. The van der Waals surface area contributed by atoms with Crippen LogP contribution >= 0.6 is 33.9 Å². The molecule has 0 aromatic carbocycles. The van der Waals surface area contributed by atoms with Gasteiger partial charge in [-0.05, 0) is 12.1 Å². The second-order valence-corrected chi connectivity index (χ2v) is 6.22. The zero-order chi connectivity index (χ0) is 16.0. The number of nitrogens with one attached hydrogen (secondary N) is 1. The van der Waals surface area contributed by atoms with Crippen molar-refractivity contribution in [1.29, 1.82) is 5.26 Å². The van der Waals surface area contributed by atoms with Crippen LogP contribution in [0.3, 0.4) is 0 Å². The number of hydrogen-bond donors (Lipinski definition) is 1. The molecule has 22 heavy (non-hydrogen) atoms. The van der Waals surface area contributed by atoms with Gasteiger partial charge >= 0.3 is 0 Å². The molecule has 1 N–H and O–H groups in total. The first-order chi connectivity index (χ1) is 10.8. The number of carbonyl (C=O) groups is 1. The summed E-state index contributed by atoms with van der Waals surface area (Å²) in [6.07, 6.45) is 0. The van der Waals surface area contributed by atoms with Gasteiger partial charge in [0.25, 0.3) is 5.91 Å². The first kappa shape index (κ1) is 19.3. The Morgan fingerprint density at radius 3 is 2.36 bits per heavy atom. The molecule has 0 spiro atoms. The summed E-state index contributed by atoms with van der Waals surface area (Å²) >= 11 is 3.43. The van der Waals surface area contributed by atoms with Gasteiger partial charge in [0.1, 0.15) is 10.9 Å². The summed E-state index contributed by atoms with van der Waals surface area (Å²) in [7, 11) is 0. The van der Waals surface area contributed by atoms with Gasteiger partial charge in [-0.15, -0.1) is 11.3 Å². The second kappa shape index (κ2) is 12.8. The van der Waals surface area contributed by atoms with E-state index in [1.165, 1.54) is 11.3 Å². The lowest BCUT2D eigenvalue weighted by molar-refractivity contribution is 0.0183. The monoisotopic (exact) mass is 438 g/mol. The van der Waals surface area contributed by atoms with Gasteiger partial charge in [-0.3, -0.25) is 4.79 Å². The summed E-state index contributed by atoms with van der Waals surface area (Å²) in [6, 6.07) is 5.29. The van der Waals surface area contributed by atoms with Crippen LogP contribution in [0.4, 0.5) is 0 Å². The Morgan fingerprint density at radius 1 is 1.14 bits per heavy atom. The quantitative estimate of drug-likeness (QED) is 0.306. The number of hydrogen-bond acceptors (Lipinski definition) is 6. The molecule has 122 valence electrons. The van der Waals surface area contributed by atoms with Gasteiger partial charge in [-0.2, -0.15) is 5.26 Å². The lowest BCUT2D eigenvalue weighted by atomic mass is 10.4. The highest BCUT2D eigenvalue weighted by atomic mass is 127. The average molecular weight is 438 g/mol. The van der Waals surface area contributed by atoms with Crippen LogP contribution in [-0.4, -0.2) is 56.5 Å². The molecule has 1 rings (SSSR count). The normalized spacial score (nSPS) is 10.4. The molecule has 0 atom stereocenters. The van der Waals surface area contributed by atoms with E-state index >= 15 is 0 Å². The lowest BCUT2D eigenvalue weighted by Gasteiger charge is -2.07. The Kier molecular flexibility index (Phi) is 11.2. The van der Waals surface area contributed by atoms with E-state index in [1.54, 1.807) is 12.1 Å². The Bertz CT molecular complexity index is 476. The van der Waals surface area contributed by atoms with Crippen molar-refractivity contribution >= 4 is 39.8 Å². The minimum Gasteiger partial charge on any atom is -0.378 e. The highest BCUT2D eigenvalue weighted by Gasteiger charge is 2.07. The van der Waals surface area contributed by atoms with Crippen molar-refractivity contribution in [1.82, 2.24) is 5.32 Å². The van der Waals surface area contributed by atoms with Crippen molar-refractivity contribution in [3.8, 4) is 6.07 Å². The maximum absolute atomic E-state index is 11.7. The Hall–Kier alpha value is -0.730. The van der Waals surface area contributed by atoms with Crippen LogP contribution in [0.1, 0.15) is 14.5 Å². The fourth-order valence-corrected chi connectivity index (χ4v) is 2.47. The predicted molar refractivity (Wildman–Crippen MR) is 92.7 cm³/mol. The van der Waals surface area contributed by atoms with E-state index in [-0.39, 0.29) is 5.91 Å². The number of amides is 1. The summed E-state index contributed by atoms with van der Waals surface area (Å²) < 4.78 is 16.9. The number of nitriles is 1. The Labute approximate surface area is 147 Å². The number of carbonyl (C=O) groups excluding carboxylic acids is 1. The molecule has 8 heteroatoms. The van der Waals surface area contributed by atoms with Crippen LogP contribution in [-0.2, 0) is 14.2 Å². The van der Waals surface area contributed by atoms with Crippen LogP contribution in [0.5, 0.6) is 0 Å². The minimum absolute atomic E-state index is 0.182. The molecule has 1 heterocycles. The fraction of sp³-hybridized carbons (Fsp3) is 0.571. The molecule has 1 amide bonds. The van der Waals surface area contributed by atoms with E-state index in [2.05, 4.69) is 27.9 Å². The molecule has 0 unspecified atom stereocenters. The van der Waals surface area contributed by atoms with Gasteiger partial charge in [-0.1, -0.05) is 22.6 Å². The summed E-state index contributed by atoms with van der Waals surface area (Å²) in [5.41, 5.74) is 0. The van der Waals surface area contributed by atoms with Crippen molar-refractivity contribution in [2.24, 2.45) is 0 Å². The highest BCUT2D eigenvalue weighted by molar-refractivity contribution is 14.1. The van der Waals surface area contributed by atoms with Gasteiger partial charge in [0.05, 0.1) is 44.5 Å². The standard InChI is InChI=1S/C14H19IN2O4S/c15-3-5-19-7-9-21-10-8-20-6-4-17-14(18)13-2-1-12(11-16)22-13/h1-2H,3-10H2,(H,17,18). The molecule has 6 nitrogen and oxygen atoms in total. The summed E-state index contributed by atoms with van der Waals surface area (Å²) in [5.74, 6) is -0.182. The minimum atomic E-state index is -0.182. The molecule has 0 saturated carbocycles. The first-order valence-corrected chi connectivity index (χ1v) is 9.19. The van der Waals surface area contributed by atoms with Crippen molar-refractivity contribution in [3.63, 3.8) is 0 Å². The Morgan fingerprint density at radius 2 is 1.77 bits per heavy atom. The van der Waals surface area contributed by atoms with Gasteiger partial charge in [0, 0.05) is 11.0 Å². The molecule has 0 aliphatic carbocycles. The fourth-order valence-electron chi connectivity index (χ4n) is 1.44. The van der Waals surface area contributed by atoms with Crippen LogP contribution in [0.2, 0.25) is 0 Å². The van der Waals surface area contributed by atoms with Crippen LogP contribution < -0.4 is 5.32 Å². The lowest BCUT2D eigenvalue weighted by Crippen LogP contribution is -2.27. The molecule has 0 radical (unpaired) electrons. The van der Waals surface area contributed by atoms with Crippen molar-refractivity contribution in [3.05, 3.63) is 21.9 Å². The SMILES string of the molecule is N#Cc1ccc(C(=O)NCCOCCOCCOCCI)s1. The maximum atomic E-state index is 11.7. The van der Waals surface area contributed by atoms with Gasteiger partial charge in [0.15, 0.2) is 0 Å². The molecule has 0 aliphatic rings. The second-order valence-electron chi connectivity index (χ2n) is 4.06. The molecule has 0 aliphatic heterocycles. The smallest absolute Gasteiger partial charge is 0.261 e. The molecule has 0 saturated heterocycles. The van der Waals surface area contributed by atoms with Gasteiger partial charge < -0.3 is 19.5 Å². The zero-order valence-electron chi connectivity index (χ0n) is 12.2. The average Bonchev–Trinajstić information content (AvgIpc) is 3.01. The number of thiophene rings is 1. The molecule has 0 fully saturated rings.